The fourth-order valence-electron chi connectivity index (χ4n) is 3.39. The average Bonchev–Trinajstić information content (AvgIpc) is 3.03. The van der Waals surface area contributed by atoms with Gasteiger partial charge in [0.15, 0.2) is 5.78 Å². The lowest BCUT2D eigenvalue weighted by atomic mass is 9.97. The number of nitrogens with two attached hydrogens (primary N) is 1. The van der Waals surface area contributed by atoms with Crippen LogP contribution in [0, 0.1) is 0 Å². The Labute approximate surface area is 171 Å². The summed E-state index contributed by atoms with van der Waals surface area (Å²) in [5, 5.41) is 6.39. The van der Waals surface area contributed by atoms with E-state index >= 15 is 0 Å². The molecule has 4 N–H and O–H groups in total. The number of fused-ring (bicyclic) bond motifs is 1. The average molecular weight is 393 g/mol. The zero-order chi connectivity index (χ0) is 21.0. The van der Waals surface area contributed by atoms with Gasteiger partial charge in [-0.1, -0.05) is 24.3 Å². The number of benzene rings is 2. The third-order valence-electron chi connectivity index (χ3n) is 4.98. The minimum atomic E-state index is -0.168. The molecule has 6 nitrogen and oxygen atoms in total. The minimum absolute atomic E-state index is 0.0284. The summed E-state index contributed by atoms with van der Waals surface area (Å²) in [6.45, 7) is 3.67. The second-order valence-electron chi connectivity index (χ2n) is 7.51. The Morgan fingerprint density at radius 3 is 2.41 bits per heavy atom. The van der Waals surface area contributed by atoms with E-state index in [9.17, 15) is 9.59 Å². The van der Waals surface area contributed by atoms with E-state index in [0.717, 1.165) is 47.6 Å². The lowest BCUT2D eigenvalue weighted by molar-refractivity contribution is -0.110. The van der Waals surface area contributed by atoms with E-state index in [-0.39, 0.29) is 11.7 Å². The van der Waals surface area contributed by atoms with Gasteiger partial charge in [-0.2, -0.15) is 0 Å². The molecule has 152 valence electrons. The van der Waals surface area contributed by atoms with Gasteiger partial charge in [0.2, 0.25) is 0 Å². The third-order valence-corrected chi connectivity index (χ3v) is 4.98. The van der Waals surface area contributed by atoms with Gasteiger partial charge in [-0.3, -0.25) is 9.59 Å². The van der Waals surface area contributed by atoms with Gasteiger partial charge >= 0.3 is 0 Å². The van der Waals surface area contributed by atoms with Crippen molar-refractivity contribution in [3.05, 3.63) is 64.7 Å². The van der Waals surface area contributed by atoms with Crippen LogP contribution in [0.2, 0.25) is 0 Å². The molecule has 0 unspecified atom stereocenters. The summed E-state index contributed by atoms with van der Waals surface area (Å²) in [6, 6.07) is 13.2. The minimum Gasteiger partial charge on any atom is -0.384 e. The van der Waals surface area contributed by atoms with Crippen LogP contribution >= 0.6 is 0 Å². The van der Waals surface area contributed by atoms with Gasteiger partial charge in [0, 0.05) is 29.9 Å². The fraction of sp³-hybridized carbons (Fsp3) is 0.304. The summed E-state index contributed by atoms with van der Waals surface area (Å²) in [5.74, 6) is -0.196. The van der Waals surface area contributed by atoms with E-state index in [1.165, 1.54) is 6.92 Å². The molecule has 0 aliphatic carbocycles. The number of hydrogen-bond acceptors (Lipinski definition) is 5. The SMILES string of the molecule is CC(=O)c1ccc2c(c1)/C(=C(/NCCCN(C)C)c1ccc(CN)cc1)C(=O)N2. The maximum atomic E-state index is 12.9. The Morgan fingerprint density at radius 2 is 1.79 bits per heavy atom. The molecule has 0 aromatic heterocycles. The number of carbonyl (C=O) groups is 2. The molecule has 0 spiro atoms. The van der Waals surface area contributed by atoms with Crippen molar-refractivity contribution in [1.29, 1.82) is 0 Å². The van der Waals surface area contributed by atoms with Gasteiger partial charge in [-0.15, -0.1) is 0 Å². The van der Waals surface area contributed by atoms with Crippen molar-refractivity contribution in [2.45, 2.75) is 19.9 Å². The molecule has 0 saturated heterocycles. The maximum absolute atomic E-state index is 12.9. The normalized spacial score (nSPS) is 14.6. The van der Waals surface area contributed by atoms with Gasteiger partial charge in [0.05, 0.1) is 11.3 Å². The molecule has 0 atom stereocenters. The summed E-state index contributed by atoms with van der Waals surface area (Å²) < 4.78 is 0. The Kier molecular flexibility index (Phi) is 6.46. The van der Waals surface area contributed by atoms with E-state index in [4.69, 9.17) is 5.73 Å². The molecule has 1 aliphatic heterocycles. The Hall–Kier alpha value is -2.96. The van der Waals surface area contributed by atoms with E-state index in [0.29, 0.717) is 17.7 Å². The topological polar surface area (TPSA) is 87.5 Å². The number of amides is 1. The Bertz CT molecular complexity index is 946. The van der Waals surface area contributed by atoms with Gasteiger partial charge < -0.3 is 21.3 Å². The smallest absolute Gasteiger partial charge is 0.258 e. The van der Waals surface area contributed by atoms with Crippen LogP contribution in [0.15, 0.2) is 42.5 Å². The number of anilines is 1. The van der Waals surface area contributed by atoms with Crippen molar-refractivity contribution in [2.24, 2.45) is 5.73 Å². The van der Waals surface area contributed by atoms with Crippen molar-refractivity contribution in [1.82, 2.24) is 10.2 Å². The van der Waals surface area contributed by atoms with Crippen LogP contribution < -0.4 is 16.4 Å². The van der Waals surface area contributed by atoms with Crippen molar-refractivity contribution in [2.75, 3.05) is 32.5 Å². The Balaban J connectivity index is 2.06. The highest BCUT2D eigenvalue weighted by molar-refractivity contribution is 6.36. The monoisotopic (exact) mass is 392 g/mol. The molecule has 6 heteroatoms. The van der Waals surface area contributed by atoms with E-state index < -0.39 is 0 Å². The first-order valence-corrected chi connectivity index (χ1v) is 9.79. The molecule has 3 rings (SSSR count). The van der Waals surface area contributed by atoms with E-state index in [1.807, 2.05) is 38.4 Å². The summed E-state index contributed by atoms with van der Waals surface area (Å²) in [5.41, 5.74) is 11.1. The van der Waals surface area contributed by atoms with Crippen LogP contribution in [0.5, 0.6) is 0 Å². The molecule has 2 aromatic carbocycles. The van der Waals surface area contributed by atoms with Crippen molar-refractivity contribution >= 4 is 28.6 Å². The molecule has 0 fully saturated rings. The second-order valence-corrected chi connectivity index (χ2v) is 7.51. The largest absolute Gasteiger partial charge is 0.384 e. The number of Topliss-reactive ketones (excluding diaryl/α,β-unsaturated/α-hetero) is 1. The van der Waals surface area contributed by atoms with Gasteiger partial charge in [0.25, 0.3) is 5.91 Å². The zero-order valence-electron chi connectivity index (χ0n) is 17.2. The number of carbonyl (C=O) groups excluding carboxylic acids is 2. The molecule has 1 heterocycles. The molecular weight excluding hydrogens is 364 g/mol. The Morgan fingerprint density at radius 1 is 1.10 bits per heavy atom. The standard InChI is InChI=1S/C23H28N4O2/c1-15(28)18-9-10-20-19(13-18)21(23(29)26-20)22(25-11-4-12-27(2)3)17-7-5-16(14-24)6-8-17/h5-10,13,25H,4,11-12,14,24H2,1-3H3,(H,26,29)/b22-21-. The summed E-state index contributed by atoms with van der Waals surface area (Å²) in [7, 11) is 4.07. The number of hydrogen-bond donors (Lipinski definition) is 3. The second kappa shape index (κ2) is 9.03. The zero-order valence-corrected chi connectivity index (χ0v) is 17.2. The molecule has 0 radical (unpaired) electrons. The number of ketones is 1. The summed E-state index contributed by atoms with van der Waals surface area (Å²) >= 11 is 0. The number of nitrogens with zero attached hydrogens (tertiary/aromatic N) is 1. The van der Waals surface area contributed by atoms with E-state index in [1.54, 1.807) is 18.2 Å². The van der Waals surface area contributed by atoms with Crippen LogP contribution in [-0.4, -0.2) is 43.8 Å². The maximum Gasteiger partial charge on any atom is 0.258 e. The highest BCUT2D eigenvalue weighted by Gasteiger charge is 2.28. The quantitative estimate of drug-likeness (QED) is 0.365. The van der Waals surface area contributed by atoms with Crippen LogP contribution in [-0.2, 0) is 11.3 Å². The first kappa shape index (κ1) is 20.8. The lowest BCUT2D eigenvalue weighted by Gasteiger charge is -2.16. The van der Waals surface area contributed by atoms with Crippen LogP contribution in [0.1, 0.15) is 40.4 Å². The molecule has 2 aromatic rings. The predicted molar refractivity (Wildman–Crippen MR) is 117 cm³/mol. The molecule has 0 saturated carbocycles. The predicted octanol–water partition coefficient (Wildman–Crippen LogP) is 2.71. The van der Waals surface area contributed by atoms with Crippen LogP contribution in [0.25, 0.3) is 11.3 Å². The molecule has 0 bridgehead atoms. The first-order valence-electron chi connectivity index (χ1n) is 9.79. The van der Waals surface area contributed by atoms with Crippen molar-refractivity contribution < 1.29 is 9.59 Å². The van der Waals surface area contributed by atoms with Crippen molar-refractivity contribution in [3.63, 3.8) is 0 Å². The summed E-state index contributed by atoms with van der Waals surface area (Å²) in [6.07, 6.45) is 0.937. The van der Waals surface area contributed by atoms with E-state index in [2.05, 4.69) is 15.5 Å². The number of rotatable bonds is 8. The van der Waals surface area contributed by atoms with Gasteiger partial charge in [0.1, 0.15) is 0 Å². The highest BCUT2D eigenvalue weighted by atomic mass is 16.2. The third kappa shape index (κ3) is 4.72. The first-order chi connectivity index (χ1) is 13.9. The van der Waals surface area contributed by atoms with Crippen LogP contribution in [0.4, 0.5) is 5.69 Å². The highest BCUT2D eigenvalue weighted by Crippen LogP contribution is 2.36. The molecular formula is C23H28N4O2. The van der Waals surface area contributed by atoms with Gasteiger partial charge in [-0.05, 0) is 63.3 Å². The summed E-state index contributed by atoms with van der Waals surface area (Å²) in [4.78, 5) is 26.9. The van der Waals surface area contributed by atoms with Gasteiger partial charge in [-0.25, -0.2) is 0 Å². The van der Waals surface area contributed by atoms with Crippen molar-refractivity contribution in [3.8, 4) is 0 Å². The molecule has 1 amide bonds. The molecule has 29 heavy (non-hydrogen) atoms. The fourth-order valence-corrected chi connectivity index (χ4v) is 3.39. The lowest BCUT2D eigenvalue weighted by Crippen LogP contribution is -2.22. The molecule has 1 aliphatic rings. The van der Waals surface area contributed by atoms with Crippen LogP contribution in [0.3, 0.4) is 0 Å². The number of nitrogens with one attached hydrogen (secondary N) is 2.